The first-order valence-electron chi connectivity index (χ1n) is 44.0. The Labute approximate surface area is 638 Å². The average Bonchev–Trinajstić information content (AvgIpc) is 0.846. The van der Waals surface area contributed by atoms with Gasteiger partial charge in [-0.3, -0.25) is 0 Å². The number of rotatable bonds is 12. The highest BCUT2D eigenvalue weighted by atomic mass is 31.2. The minimum Gasteiger partial charge on any atom is -0.416 e. The van der Waals surface area contributed by atoms with Gasteiger partial charge in [0.1, 0.15) is 35.3 Å². The summed E-state index contributed by atoms with van der Waals surface area (Å²) in [5.41, 5.74) is 0. The largest absolute Gasteiger partial charge is 0.433 e. The third-order valence-corrected chi connectivity index (χ3v) is 24.7. The maximum absolute atomic E-state index is 14.6. The molecule has 0 aliphatic carbocycles. The van der Waals surface area contributed by atoms with Gasteiger partial charge < -0.3 is 37.0 Å². The van der Waals surface area contributed by atoms with Crippen LogP contribution in [0.1, 0.15) is 372 Å². The number of para-hydroxylation sites is 4. The van der Waals surface area contributed by atoms with E-state index in [-0.39, 0.29) is 12.3 Å². The van der Waals surface area contributed by atoms with Gasteiger partial charge in [-0.1, -0.05) is 420 Å². The summed E-state index contributed by atoms with van der Waals surface area (Å²) in [5.74, 6) is 2.11. The molecule has 0 bridgehead atoms. The van der Waals surface area contributed by atoms with E-state index in [1.165, 1.54) is 334 Å². The molecule has 0 amide bonds. The quantitative estimate of drug-likeness (QED) is 0.127. The van der Waals surface area contributed by atoms with Gasteiger partial charge in [0.2, 0.25) is 0 Å². The van der Waals surface area contributed by atoms with Crippen LogP contribution >= 0.6 is 15.2 Å². The van der Waals surface area contributed by atoms with Crippen molar-refractivity contribution in [1.82, 2.24) is 0 Å². The predicted octanol–water partition coefficient (Wildman–Crippen LogP) is 30.1. The molecule has 4 aromatic carbocycles. The van der Waals surface area contributed by atoms with E-state index in [2.05, 4.69) is 0 Å². The van der Waals surface area contributed by atoms with Gasteiger partial charge in [-0.2, -0.15) is 0 Å². The summed E-state index contributed by atoms with van der Waals surface area (Å²) in [6.07, 6.45) is 76.8. The summed E-state index contributed by atoms with van der Waals surface area (Å²) < 4.78 is 79.5. The Hall–Kier alpha value is -3.62. The van der Waals surface area contributed by atoms with Crippen molar-refractivity contribution in [3.05, 3.63) is 121 Å². The van der Waals surface area contributed by atoms with E-state index in [0.29, 0.717) is 62.6 Å². The van der Waals surface area contributed by atoms with E-state index >= 15 is 0 Å². The first-order valence-corrected chi connectivity index (χ1v) is 47.5. The van der Waals surface area contributed by atoms with E-state index in [1.807, 2.05) is 121 Å². The van der Waals surface area contributed by atoms with Crippen LogP contribution in [0.2, 0.25) is 0 Å². The molecule has 0 N–H and O–H groups in total. The SMILES string of the molecule is O=P(CC1COCCCCCCCCCCCCCCCCCCCCCCCCCCCCCCO[C@H](CP(=O)(Oc2ccccc2)Oc2ccccc2)COCCCCCCCCCCCCCCCCCCCCCCCCCCCCCCCCO1)(Oc1ccccc1)Oc1ccccc1. The zero-order valence-electron chi connectivity index (χ0n) is 66.3. The van der Waals surface area contributed by atoms with Crippen molar-refractivity contribution in [1.29, 1.82) is 0 Å². The van der Waals surface area contributed by atoms with E-state index in [0.717, 1.165) is 38.5 Å². The fourth-order valence-electron chi connectivity index (χ4n) is 14.6. The molecule has 1 fully saturated rings. The minimum atomic E-state index is -3.65. The lowest BCUT2D eigenvalue weighted by molar-refractivity contribution is -0.00872. The second-order valence-corrected chi connectivity index (χ2v) is 34.8. The fourth-order valence-corrected chi connectivity index (χ4v) is 18.2. The van der Waals surface area contributed by atoms with Gasteiger partial charge in [-0.25, -0.2) is 9.13 Å². The zero-order chi connectivity index (χ0) is 72.9. The standard InChI is InChI=1S/C92H154O10P2/c93-103(99-87-71-59-55-60-72-87,100-88-73-61-56-62-74-88)85-91-84-96-80-68-52-48-44-40-36-32-28-24-20-16-12-8-5-6-10-14-18-22-26-30-34-38-42-46-50-54-70-82-98-92(86-104(94,101-89-75-63-57-64-76-89)102-90-77-65-58-66-78-90)83-95-79-67-51-47-43-39-35-31-27-23-19-15-11-7-3-1-2-4-9-13-17-21-25-29-33-37-41-45-49-53-69-81-97-91/h55-66,71-78,91-92H,1-54,67-70,79-86H2/t91?,92-/m0/s1. The summed E-state index contributed by atoms with van der Waals surface area (Å²) in [7, 11) is -7.30. The molecule has 4 aromatic rings. The third-order valence-electron chi connectivity index (χ3n) is 21.0. The van der Waals surface area contributed by atoms with Crippen LogP contribution in [-0.2, 0) is 28.1 Å². The van der Waals surface area contributed by atoms with Crippen LogP contribution in [0.3, 0.4) is 0 Å². The lowest BCUT2D eigenvalue weighted by Crippen LogP contribution is -2.27. The molecule has 12 heteroatoms. The summed E-state index contributed by atoms with van der Waals surface area (Å²) in [4.78, 5) is 0. The van der Waals surface area contributed by atoms with Crippen LogP contribution in [0.5, 0.6) is 23.0 Å². The Bertz CT molecular complexity index is 2280. The number of ether oxygens (including phenoxy) is 4. The minimum absolute atomic E-state index is 0.124. The van der Waals surface area contributed by atoms with Crippen molar-refractivity contribution in [2.45, 2.75) is 385 Å². The highest BCUT2D eigenvalue weighted by molar-refractivity contribution is 7.55. The second kappa shape index (κ2) is 66.4. The molecular formula is C92H154O10P2. The molecule has 104 heavy (non-hydrogen) atoms. The lowest BCUT2D eigenvalue weighted by atomic mass is 10.0. The van der Waals surface area contributed by atoms with Gasteiger partial charge in [-0.05, 0) is 74.2 Å². The molecule has 2 atom stereocenters. The summed E-state index contributed by atoms with van der Waals surface area (Å²) in [6.45, 7) is 3.35. The first kappa shape index (κ1) is 91.0. The first-order chi connectivity index (χ1) is 51.5. The molecule has 1 aliphatic heterocycles. The Morgan fingerprint density at radius 1 is 0.212 bits per heavy atom. The van der Waals surface area contributed by atoms with Crippen molar-refractivity contribution < 1.29 is 46.2 Å². The van der Waals surface area contributed by atoms with E-state index in [9.17, 15) is 9.13 Å². The molecule has 1 unspecified atom stereocenters. The molecule has 0 aromatic heterocycles. The number of hydrogen-bond donors (Lipinski definition) is 0. The molecule has 0 saturated carbocycles. The van der Waals surface area contributed by atoms with Crippen LogP contribution in [0.15, 0.2) is 121 Å². The van der Waals surface area contributed by atoms with Crippen molar-refractivity contribution in [3.8, 4) is 23.0 Å². The van der Waals surface area contributed by atoms with Crippen LogP contribution in [0.4, 0.5) is 0 Å². The van der Waals surface area contributed by atoms with Gasteiger partial charge in [0.05, 0.1) is 25.4 Å². The van der Waals surface area contributed by atoms with E-state index < -0.39 is 27.4 Å². The topological polar surface area (TPSA) is 108 Å². The van der Waals surface area contributed by atoms with Crippen LogP contribution in [0.25, 0.3) is 0 Å². The third kappa shape index (κ3) is 53.2. The van der Waals surface area contributed by atoms with Crippen molar-refractivity contribution in [2.75, 3.05) is 52.0 Å². The van der Waals surface area contributed by atoms with Gasteiger partial charge in [0.25, 0.3) is 0 Å². The predicted molar refractivity (Wildman–Crippen MR) is 442 cm³/mol. The number of benzene rings is 4. The maximum Gasteiger partial charge on any atom is 0.433 e. The molecule has 10 nitrogen and oxygen atoms in total. The molecule has 592 valence electrons. The zero-order valence-corrected chi connectivity index (χ0v) is 68.1. The van der Waals surface area contributed by atoms with Gasteiger partial charge >= 0.3 is 15.2 Å². The highest BCUT2D eigenvalue weighted by Crippen LogP contribution is 2.51. The van der Waals surface area contributed by atoms with Gasteiger partial charge in [0, 0.05) is 26.4 Å². The van der Waals surface area contributed by atoms with Gasteiger partial charge in [-0.15, -0.1) is 0 Å². The summed E-state index contributed by atoms with van der Waals surface area (Å²) in [5, 5.41) is 0. The molecule has 5 rings (SSSR count). The van der Waals surface area contributed by atoms with Crippen LogP contribution < -0.4 is 18.1 Å². The van der Waals surface area contributed by atoms with Crippen molar-refractivity contribution in [3.63, 3.8) is 0 Å². The Kier molecular flexibility index (Phi) is 58.1. The van der Waals surface area contributed by atoms with E-state index in [1.54, 1.807) is 0 Å². The van der Waals surface area contributed by atoms with Crippen LogP contribution in [-0.4, -0.2) is 64.2 Å². The monoisotopic (exact) mass is 1480 g/mol. The summed E-state index contributed by atoms with van der Waals surface area (Å²) in [6, 6.07) is 37.5. The fraction of sp³-hybridized carbons (Fsp3) is 0.739. The molecule has 1 saturated heterocycles. The van der Waals surface area contributed by atoms with Crippen molar-refractivity contribution >= 4 is 15.2 Å². The maximum atomic E-state index is 14.6. The Morgan fingerprint density at radius 2 is 0.356 bits per heavy atom. The molecule has 1 aliphatic rings. The van der Waals surface area contributed by atoms with Crippen molar-refractivity contribution in [2.24, 2.45) is 0 Å². The van der Waals surface area contributed by atoms with Gasteiger partial charge in [0.15, 0.2) is 0 Å². The lowest BCUT2D eigenvalue weighted by Gasteiger charge is -2.25. The smallest absolute Gasteiger partial charge is 0.416 e. The normalized spacial score (nSPS) is 21.5. The Morgan fingerprint density at radius 3 is 0.519 bits per heavy atom. The average molecular weight is 1480 g/mol. The summed E-state index contributed by atoms with van der Waals surface area (Å²) >= 11 is 0. The van der Waals surface area contributed by atoms with E-state index in [4.69, 9.17) is 37.0 Å². The number of hydrogen-bond acceptors (Lipinski definition) is 10. The molecule has 0 spiro atoms. The highest BCUT2D eigenvalue weighted by Gasteiger charge is 2.35. The second-order valence-electron chi connectivity index (χ2n) is 30.8. The molecule has 0 radical (unpaired) electrons. The molecular weight excluding hydrogens is 1330 g/mol. The van der Waals surface area contributed by atoms with Crippen LogP contribution in [0, 0.1) is 0 Å². The Balaban J connectivity index is 0.943. The molecule has 1 heterocycles.